The molecule has 4 rings (SSSR count). The van der Waals surface area contributed by atoms with Crippen LogP contribution in [0.4, 0.5) is 5.95 Å². The van der Waals surface area contributed by atoms with Gasteiger partial charge in [-0.1, -0.05) is 56.8 Å². The number of anilines is 1. The number of amides is 1. The van der Waals surface area contributed by atoms with Gasteiger partial charge in [-0.3, -0.25) is 14.7 Å². The van der Waals surface area contributed by atoms with Gasteiger partial charge in [0.15, 0.2) is 11.0 Å². The van der Waals surface area contributed by atoms with Crippen molar-refractivity contribution < 1.29 is 9.21 Å². The lowest BCUT2D eigenvalue weighted by molar-refractivity contribution is -0.115. The summed E-state index contributed by atoms with van der Waals surface area (Å²) in [6, 6.07) is 13.8. The molecule has 0 fully saturated rings. The molecular formula is C24H26N6O2S. The minimum Gasteiger partial charge on any atom is -0.467 e. The summed E-state index contributed by atoms with van der Waals surface area (Å²) in [6.45, 7) is 8.82. The molecule has 1 atom stereocenters. The summed E-state index contributed by atoms with van der Waals surface area (Å²) < 4.78 is 7.54. The van der Waals surface area contributed by atoms with Crippen molar-refractivity contribution in [2.45, 2.75) is 50.1 Å². The number of furan rings is 1. The number of aromatic nitrogens is 5. The summed E-state index contributed by atoms with van der Waals surface area (Å²) in [5, 5.41) is 11.8. The van der Waals surface area contributed by atoms with Crippen molar-refractivity contribution in [2.24, 2.45) is 0 Å². The van der Waals surface area contributed by atoms with Crippen LogP contribution in [0.5, 0.6) is 0 Å². The SMILES string of the molecule is CC(Sc1nnc(-c2ccc(C(C)(C)C)cc2)n1Cc1ccco1)C(=O)Nc1ncccn1. The number of hydrogen-bond acceptors (Lipinski definition) is 7. The molecule has 0 aliphatic heterocycles. The summed E-state index contributed by atoms with van der Waals surface area (Å²) in [4.78, 5) is 20.8. The van der Waals surface area contributed by atoms with Crippen molar-refractivity contribution in [3.8, 4) is 11.4 Å². The fourth-order valence-electron chi connectivity index (χ4n) is 3.20. The van der Waals surface area contributed by atoms with Crippen LogP contribution in [0.15, 0.2) is 70.7 Å². The average molecular weight is 463 g/mol. The van der Waals surface area contributed by atoms with Crippen molar-refractivity contribution in [1.82, 2.24) is 24.7 Å². The lowest BCUT2D eigenvalue weighted by atomic mass is 9.87. The van der Waals surface area contributed by atoms with Crippen LogP contribution >= 0.6 is 11.8 Å². The summed E-state index contributed by atoms with van der Waals surface area (Å²) in [6.07, 6.45) is 4.80. The first-order valence-corrected chi connectivity index (χ1v) is 11.5. The Labute approximate surface area is 196 Å². The van der Waals surface area contributed by atoms with E-state index in [4.69, 9.17) is 4.42 Å². The van der Waals surface area contributed by atoms with E-state index in [2.05, 4.69) is 70.5 Å². The van der Waals surface area contributed by atoms with Gasteiger partial charge in [0, 0.05) is 18.0 Å². The van der Waals surface area contributed by atoms with E-state index in [1.54, 1.807) is 24.7 Å². The molecule has 33 heavy (non-hydrogen) atoms. The molecule has 3 aromatic heterocycles. The standard InChI is InChI=1S/C24H26N6O2S/c1-16(21(31)27-22-25-12-6-13-26-22)33-23-29-28-20(30(23)15-19-7-5-14-32-19)17-8-10-18(11-9-17)24(2,3)4/h5-14,16H,15H2,1-4H3,(H,25,26,27,31). The van der Waals surface area contributed by atoms with E-state index in [1.807, 2.05) is 23.6 Å². The van der Waals surface area contributed by atoms with E-state index in [1.165, 1.54) is 17.3 Å². The van der Waals surface area contributed by atoms with Gasteiger partial charge in [0.1, 0.15) is 5.76 Å². The van der Waals surface area contributed by atoms with Gasteiger partial charge in [0.25, 0.3) is 0 Å². The van der Waals surface area contributed by atoms with Crippen LogP contribution in [0, 0.1) is 0 Å². The Morgan fingerprint density at radius 2 is 1.82 bits per heavy atom. The second-order valence-electron chi connectivity index (χ2n) is 8.62. The number of hydrogen-bond donors (Lipinski definition) is 1. The Kier molecular flexibility index (Phi) is 6.60. The molecule has 0 aliphatic rings. The molecule has 4 aromatic rings. The minimum absolute atomic E-state index is 0.0621. The summed E-state index contributed by atoms with van der Waals surface area (Å²) in [7, 11) is 0. The van der Waals surface area contributed by atoms with Gasteiger partial charge in [-0.05, 0) is 36.1 Å². The maximum absolute atomic E-state index is 12.7. The number of benzene rings is 1. The summed E-state index contributed by atoms with van der Waals surface area (Å²) >= 11 is 1.32. The highest BCUT2D eigenvalue weighted by molar-refractivity contribution is 8.00. The van der Waals surface area contributed by atoms with Crippen molar-refractivity contribution >= 4 is 23.6 Å². The summed E-state index contributed by atoms with van der Waals surface area (Å²) in [5.74, 6) is 1.55. The highest BCUT2D eigenvalue weighted by atomic mass is 32.2. The lowest BCUT2D eigenvalue weighted by Gasteiger charge is -2.19. The maximum Gasteiger partial charge on any atom is 0.240 e. The predicted molar refractivity (Wildman–Crippen MR) is 128 cm³/mol. The molecule has 0 bridgehead atoms. The molecule has 1 amide bonds. The number of thioether (sulfide) groups is 1. The number of rotatable bonds is 7. The zero-order chi connectivity index (χ0) is 23.4. The fraction of sp³-hybridized carbons (Fsp3) is 0.292. The van der Waals surface area contributed by atoms with Crippen molar-refractivity contribution in [3.63, 3.8) is 0 Å². The van der Waals surface area contributed by atoms with Crippen molar-refractivity contribution in [3.05, 3.63) is 72.4 Å². The first-order valence-electron chi connectivity index (χ1n) is 10.6. The molecule has 1 unspecified atom stereocenters. The van der Waals surface area contributed by atoms with Gasteiger partial charge in [0.2, 0.25) is 11.9 Å². The molecule has 0 radical (unpaired) electrons. The monoisotopic (exact) mass is 462 g/mol. The largest absolute Gasteiger partial charge is 0.467 e. The maximum atomic E-state index is 12.7. The Morgan fingerprint density at radius 1 is 1.09 bits per heavy atom. The molecule has 3 heterocycles. The smallest absolute Gasteiger partial charge is 0.240 e. The van der Waals surface area contributed by atoms with E-state index >= 15 is 0 Å². The van der Waals surface area contributed by atoms with E-state index in [-0.39, 0.29) is 17.3 Å². The zero-order valence-electron chi connectivity index (χ0n) is 19.0. The molecular weight excluding hydrogens is 436 g/mol. The molecule has 9 heteroatoms. The third-order valence-electron chi connectivity index (χ3n) is 5.07. The van der Waals surface area contributed by atoms with E-state index in [0.29, 0.717) is 17.5 Å². The van der Waals surface area contributed by atoms with Gasteiger partial charge in [-0.2, -0.15) is 0 Å². The molecule has 0 saturated heterocycles. The van der Waals surface area contributed by atoms with Gasteiger partial charge >= 0.3 is 0 Å². The van der Waals surface area contributed by atoms with Crippen LogP contribution in [0.3, 0.4) is 0 Å². The second kappa shape index (κ2) is 9.58. The van der Waals surface area contributed by atoms with Gasteiger partial charge < -0.3 is 4.42 Å². The van der Waals surface area contributed by atoms with Crippen LogP contribution < -0.4 is 5.32 Å². The second-order valence-corrected chi connectivity index (χ2v) is 9.93. The molecule has 0 aliphatic carbocycles. The van der Waals surface area contributed by atoms with Gasteiger partial charge in [-0.25, -0.2) is 9.97 Å². The Bertz CT molecular complexity index is 1200. The first-order chi connectivity index (χ1) is 15.8. The summed E-state index contributed by atoms with van der Waals surface area (Å²) in [5.41, 5.74) is 2.25. The molecule has 1 aromatic carbocycles. The topological polar surface area (TPSA) is 98.7 Å². The van der Waals surface area contributed by atoms with Crippen LogP contribution in [0.1, 0.15) is 39.0 Å². The number of carbonyl (C=O) groups is 1. The van der Waals surface area contributed by atoms with Crippen LogP contribution in [-0.2, 0) is 16.8 Å². The van der Waals surface area contributed by atoms with Gasteiger partial charge in [0.05, 0.1) is 18.1 Å². The Hall–Kier alpha value is -3.46. The normalized spacial score (nSPS) is 12.5. The molecule has 1 N–H and O–H groups in total. The molecule has 8 nitrogen and oxygen atoms in total. The lowest BCUT2D eigenvalue weighted by Crippen LogP contribution is -2.24. The molecule has 0 spiro atoms. The quantitative estimate of drug-likeness (QED) is 0.394. The third kappa shape index (κ3) is 5.48. The number of nitrogens with zero attached hydrogens (tertiary/aromatic N) is 5. The number of carbonyl (C=O) groups excluding carboxylic acids is 1. The van der Waals surface area contributed by atoms with Crippen molar-refractivity contribution in [2.75, 3.05) is 5.32 Å². The fourth-order valence-corrected chi connectivity index (χ4v) is 4.05. The highest BCUT2D eigenvalue weighted by Gasteiger charge is 2.22. The minimum atomic E-state index is -0.440. The average Bonchev–Trinajstić information content (AvgIpc) is 3.45. The van der Waals surface area contributed by atoms with E-state index < -0.39 is 5.25 Å². The van der Waals surface area contributed by atoms with Crippen LogP contribution in [0.2, 0.25) is 0 Å². The predicted octanol–water partition coefficient (Wildman–Crippen LogP) is 4.79. The third-order valence-corrected chi connectivity index (χ3v) is 6.15. The van der Waals surface area contributed by atoms with Crippen molar-refractivity contribution in [1.29, 1.82) is 0 Å². The van der Waals surface area contributed by atoms with Crippen LogP contribution in [-0.4, -0.2) is 35.9 Å². The number of nitrogens with one attached hydrogen (secondary N) is 1. The Morgan fingerprint density at radius 3 is 2.45 bits per heavy atom. The Balaban J connectivity index is 1.60. The van der Waals surface area contributed by atoms with E-state index in [0.717, 1.165) is 11.3 Å². The van der Waals surface area contributed by atoms with Gasteiger partial charge in [-0.15, -0.1) is 10.2 Å². The zero-order valence-corrected chi connectivity index (χ0v) is 19.8. The molecule has 170 valence electrons. The van der Waals surface area contributed by atoms with Crippen LogP contribution in [0.25, 0.3) is 11.4 Å². The highest BCUT2D eigenvalue weighted by Crippen LogP contribution is 2.30. The van der Waals surface area contributed by atoms with E-state index in [9.17, 15) is 4.79 Å². The first kappa shape index (κ1) is 22.7. The molecule has 0 saturated carbocycles.